The molecule has 0 radical (unpaired) electrons. The molecule has 7 heteroatoms. The predicted molar refractivity (Wildman–Crippen MR) is 101 cm³/mol. The van der Waals surface area contributed by atoms with Gasteiger partial charge in [-0.05, 0) is 30.0 Å². The molecule has 1 aliphatic rings. The Morgan fingerprint density at radius 3 is 2.85 bits per heavy atom. The quantitative estimate of drug-likeness (QED) is 0.633. The number of H-pyrrole nitrogens is 1. The molecule has 0 aliphatic carbocycles. The predicted octanol–water partition coefficient (Wildman–Crippen LogP) is 2.44. The lowest BCUT2D eigenvalue weighted by Gasteiger charge is -2.24. The highest BCUT2D eigenvalue weighted by Crippen LogP contribution is 2.24. The van der Waals surface area contributed by atoms with Gasteiger partial charge in [0.05, 0.1) is 18.3 Å². The van der Waals surface area contributed by atoms with E-state index in [4.69, 9.17) is 0 Å². The molecule has 0 saturated carbocycles. The number of aliphatic hydroxyl groups excluding tert-OH is 1. The fourth-order valence-corrected chi connectivity index (χ4v) is 3.34. The Bertz CT molecular complexity index is 834. The van der Waals surface area contributed by atoms with Crippen LogP contribution < -0.4 is 10.2 Å². The lowest BCUT2D eigenvalue weighted by molar-refractivity contribution is 0.266. The van der Waals surface area contributed by atoms with Gasteiger partial charge in [-0.2, -0.15) is 5.10 Å². The Morgan fingerprint density at radius 2 is 2.08 bits per heavy atom. The van der Waals surface area contributed by atoms with Crippen molar-refractivity contribution in [1.29, 1.82) is 0 Å². The van der Waals surface area contributed by atoms with Crippen LogP contribution in [-0.2, 0) is 6.54 Å². The molecular weight excluding hydrogens is 328 g/mol. The van der Waals surface area contributed by atoms with Gasteiger partial charge in [0.1, 0.15) is 18.0 Å². The summed E-state index contributed by atoms with van der Waals surface area (Å²) in [7, 11) is 0. The maximum atomic E-state index is 9.50. The van der Waals surface area contributed by atoms with Crippen molar-refractivity contribution in [2.75, 3.05) is 23.4 Å². The van der Waals surface area contributed by atoms with Crippen molar-refractivity contribution in [3.05, 3.63) is 54.5 Å². The van der Waals surface area contributed by atoms with E-state index in [1.54, 1.807) is 12.5 Å². The van der Waals surface area contributed by atoms with Crippen LogP contribution in [0.3, 0.4) is 0 Å². The summed E-state index contributed by atoms with van der Waals surface area (Å²) in [4.78, 5) is 10.8. The van der Waals surface area contributed by atoms with E-state index in [9.17, 15) is 5.11 Å². The van der Waals surface area contributed by atoms with Gasteiger partial charge in [-0.3, -0.25) is 5.10 Å². The Labute approximate surface area is 152 Å². The van der Waals surface area contributed by atoms with E-state index in [2.05, 4.69) is 54.6 Å². The Balaban J connectivity index is 1.41. The zero-order valence-electron chi connectivity index (χ0n) is 14.5. The molecule has 1 fully saturated rings. The normalized spacial score (nSPS) is 16.8. The van der Waals surface area contributed by atoms with Crippen LogP contribution in [0.2, 0.25) is 0 Å². The molecule has 2 aromatic heterocycles. The van der Waals surface area contributed by atoms with E-state index in [-0.39, 0.29) is 12.6 Å². The van der Waals surface area contributed by atoms with Crippen LogP contribution in [0, 0.1) is 0 Å². The summed E-state index contributed by atoms with van der Waals surface area (Å²) < 4.78 is 0. The molecule has 0 amide bonds. The van der Waals surface area contributed by atoms with E-state index >= 15 is 0 Å². The molecule has 0 bridgehead atoms. The molecule has 3 N–H and O–H groups in total. The van der Waals surface area contributed by atoms with Gasteiger partial charge in [0.15, 0.2) is 0 Å². The van der Waals surface area contributed by atoms with E-state index in [0.717, 1.165) is 42.3 Å². The number of hydrogen-bond acceptors (Lipinski definition) is 6. The van der Waals surface area contributed by atoms with Crippen molar-refractivity contribution in [3.8, 4) is 11.3 Å². The van der Waals surface area contributed by atoms with Gasteiger partial charge in [-0.25, -0.2) is 9.97 Å². The fraction of sp³-hybridized carbons (Fsp3) is 0.316. The zero-order chi connectivity index (χ0) is 17.8. The molecule has 3 heterocycles. The van der Waals surface area contributed by atoms with Crippen molar-refractivity contribution >= 4 is 11.6 Å². The number of aromatic amines is 1. The largest absolute Gasteiger partial charge is 0.394 e. The summed E-state index contributed by atoms with van der Waals surface area (Å²) in [5.41, 5.74) is 3.29. The van der Waals surface area contributed by atoms with Crippen LogP contribution in [0.25, 0.3) is 11.3 Å². The second-order valence-corrected chi connectivity index (χ2v) is 6.45. The molecule has 1 aromatic carbocycles. The molecule has 1 atom stereocenters. The van der Waals surface area contributed by atoms with Crippen LogP contribution >= 0.6 is 0 Å². The standard InChI is InChI=1S/C19H22N6O/c26-12-16-2-1-9-25(16)19-10-18(21-13-22-19)20-11-14-3-5-15(6-4-14)17-7-8-23-24-17/h3-8,10,13,16,26H,1-2,9,11-12H2,(H,23,24)(H,20,21,22). The fourth-order valence-electron chi connectivity index (χ4n) is 3.34. The highest BCUT2D eigenvalue weighted by Gasteiger charge is 2.25. The number of rotatable bonds is 6. The zero-order valence-corrected chi connectivity index (χ0v) is 14.5. The lowest BCUT2D eigenvalue weighted by Crippen LogP contribution is -2.32. The molecule has 134 valence electrons. The summed E-state index contributed by atoms with van der Waals surface area (Å²) >= 11 is 0. The maximum Gasteiger partial charge on any atom is 0.134 e. The Kier molecular flexibility index (Phi) is 4.79. The number of anilines is 2. The van der Waals surface area contributed by atoms with Gasteiger partial charge in [0.2, 0.25) is 0 Å². The second-order valence-electron chi connectivity index (χ2n) is 6.45. The molecule has 1 unspecified atom stereocenters. The number of aromatic nitrogens is 4. The third-order valence-corrected chi connectivity index (χ3v) is 4.77. The summed E-state index contributed by atoms with van der Waals surface area (Å²) in [6.07, 6.45) is 5.41. The first-order chi connectivity index (χ1) is 12.8. The van der Waals surface area contributed by atoms with E-state index < -0.39 is 0 Å². The molecule has 7 nitrogen and oxygen atoms in total. The Hall–Kier alpha value is -2.93. The van der Waals surface area contributed by atoms with Gasteiger partial charge < -0.3 is 15.3 Å². The summed E-state index contributed by atoms with van der Waals surface area (Å²) in [5, 5.41) is 19.8. The molecule has 26 heavy (non-hydrogen) atoms. The SMILES string of the molecule is OCC1CCCN1c1cc(NCc2ccc(-c3ccn[nH]3)cc2)ncn1. The van der Waals surface area contributed by atoms with E-state index in [1.165, 1.54) is 5.56 Å². The van der Waals surface area contributed by atoms with Gasteiger partial charge in [-0.1, -0.05) is 24.3 Å². The topological polar surface area (TPSA) is 90.0 Å². The van der Waals surface area contributed by atoms with Crippen LogP contribution in [-0.4, -0.2) is 44.5 Å². The first-order valence-corrected chi connectivity index (χ1v) is 8.85. The third-order valence-electron chi connectivity index (χ3n) is 4.77. The minimum absolute atomic E-state index is 0.160. The van der Waals surface area contributed by atoms with Crippen LogP contribution in [0.1, 0.15) is 18.4 Å². The van der Waals surface area contributed by atoms with Crippen LogP contribution in [0.5, 0.6) is 0 Å². The Morgan fingerprint density at radius 1 is 1.19 bits per heavy atom. The molecule has 1 aliphatic heterocycles. The number of benzene rings is 1. The molecule has 4 rings (SSSR count). The minimum atomic E-state index is 0.160. The van der Waals surface area contributed by atoms with Gasteiger partial charge in [-0.15, -0.1) is 0 Å². The van der Waals surface area contributed by atoms with Gasteiger partial charge in [0.25, 0.3) is 0 Å². The van der Waals surface area contributed by atoms with Crippen molar-refractivity contribution in [2.45, 2.75) is 25.4 Å². The maximum absolute atomic E-state index is 9.50. The second kappa shape index (κ2) is 7.53. The number of aliphatic hydroxyl groups is 1. The van der Waals surface area contributed by atoms with E-state index in [0.29, 0.717) is 6.54 Å². The van der Waals surface area contributed by atoms with Crippen molar-refractivity contribution in [2.24, 2.45) is 0 Å². The molecule has 3 aromatic rings. The van der Waals surface area contributed by atoms with E-state index in [1.807, 2.05) is 12.1 Å². The first-order valence-electron chi connectivity index (χ1n) is 8.85. The summed E-state index contributed by atoms with van der Waals surface area (Å²) in [6.45, 7) is 1.77. The highest BCUT2D eigenvalue weighted by molar-refractivity contribution is 5.59. The van der Waals surface area contributed by atoms with Crippen molar-refractivity contribution < 1.29 is 5.11 Å². The third kappa shape index (κ3) is 3.52. The molecular formula is C19H22N6O. The molecule has 1 saturated heterocycles. The van der Waals surface area contributed by atoms with Gasteiger partial charge in [0, 0.05) is 25.4 Å². The summed E-state index contributed by atoms with van der Waals surface area (Å²) in [5.74, 6) is 1.66. The highest BCUT2D eigenvalue weighted by atomic mass is 16.3. The average molecular weight is 350 g/mol. The monoisotopic (exact) mass is 350 g/mol. The average Bonchev–Trinajstić information content (AvgIpc) is 3.38. The van der Waals surface area contributed by atoms with Crippen molar-refractivity contribution in [1.82, 2.24) is 20.2 Å². The summed E-state index contributed by atoms with van der Waals surface area (Å²) in [6, 6.07) is 12.4. The minimum Gasteiger partial charge on any atom is -0.394 e. The van der Waals surface area contributed by atoms with Gasteiger partial charge >= 0.3 is 0 Å². The number of nitrogens with zero attached hydrogens (tertiary/aromatic N) is 4. The van der Waals surface area contributed by atoms with Crippen molar-refractivity contribution in [3.63, 3.8) is 0 Å². The van der Waals surface area contributed by atoms with Crippen LogP contribution in [0.4, 0.5) is 11.6 Å². The first kappa shape index (κ1) is 16.5. The van der Waals surface area contributed by atoms with Crippen LogP contribution in [0.15, 0.2) is 48.9 Å². The number of hydrogen-bond donors (Lipinski definition) is 3. The lowest BCUT2D eigenvalue weighted by atomic mass is 10.1. The molecule has 0 spiro atoms. The smallest absolute Gasteiger partial charge is 0.134 e. The number of nitrogens with one attached hydrogen (secondary N) is 2.